The molecular formula is C13H10N2O3S. The van der Waals surface area contributed by atoms with Crippen molar-refractivity contribution >= 4 is 32.5 Å². The highest BCUT2D eigenvalue weighted by atomic mass is 32.1. The van der Waals surface area contributed by atoms with Crippen LogP contribution in [0.3, 0.4) is 0 Å². The fourth-order valence-electron chi connectivity index (χ4n) is 2.10. The van der Waals surface area contributed by atoms with E-state index >= 15 is 0 Å². The van der Waals surface area contributed by atoms with Crippen molar-refractivity contribution in [3.05, 3.63) is 45.9 Å². The SMILES string of the molecule is Cc1nc2sc3ccccc3n2c(=O)c1CC(=O)O. The highest BCUT2D eigenvalue weighted by molar-refractivity contribution is 7.23. The van der Waals surface area contributed by atoms with Gasteiger partial charge in [-0.3, -0.25) is 14.0 Å². The standard InChI is InChI=1S/C13H10N2O3S/c1-7-8(6-11(16)17)12(18)15-9-4-2-3-5-10(9)19-13(15)14-7/h2-5H,6H2,1H3,(H,16,17). The number of fused-ring (bicyclic) bond motifs is 3. The summed E-state index contributed by atoms with van der Waals surface area (Å²) in [5.74, 6) is -1.03. The molecule has 1 aromatic carbocycles. The average molecular weight is 274 g/mol. The van der Waals surface area contributed by atoms with Gasteiger partial charge in [0.05, 0.1) is 22.2 Å². The molecule has 0 unspecified atom stereocenters. The maximum absolute atomic E-state index is 12.4. The van der Waals surface area contributed by atoms with Gasteiger partial charge in [-0.05, 0) is 19.1 Å². The van der Waals surface area contributed by atoms with E-state index in [0.717, 1.165) is 10.2 Å². The number of aliphatic carboxylic acids is 1. The predicted molar refractivity (Wildman–Crippen MR) is 72.9 cm³/mol. The molecule has 2 aromatic heterocycles. The Labute approximate surface area is 111 Å². The fraction of sp³-hybridized carbons (Fsp3) is 0.154. The molecule has 0 fully saturated rings. The smallest absolute Gasteiger partial charge is 0.308 e. The monoisotopic (exact) mass is 274 g/mol. The van der Waals surface area contributed by atoms with Crippen molar-refractivity contribution in [3.8, 4) is 0 Å². The normalized spacial score (nSPS) is 11.2. The summed E-state index contributed by atoms with van der Waals surface area (Å²) in [6.45, 7) is 1.67. The number of aromatic nitrogens is 2. The minimum atomic E-state index is -1.03. The Kier molecular flexibility index (Phi) is 2.60. The van der Waals surface area contributed by atoms with E-state index in [1.165, 1.54) is 15.7 Å². The van der Waals surface area contributed by atoms with Gasteiger partial charge in [-0.25, -0.2) is 4.98 Å². The summed E-state index contributed by atoms with van der Waals surface area (Å²) in [4.78, 5) is 28.2. The van der Waals surface area contributed by atoms with Crippen LogP contribution in [0.1, 0.15) is 11.3 Å². The summed E-state index contributed by atoms with van der Waals surface area (Å²) in [6.07, 6.45) is -0.301. The van der Waals surface area contributed by atoms with Crippen molar-refractivity contribution in [2.75, 3.05) is 0 Å². The van der Waals surface area contributed by atoms with Gasteiger partial charge in [-0.1, -0.05) is 23.5 Å². The molecule has 0 amide bonds. The molecule has 0 saturated carbocycles. The third-order valence-electron chi connectivity index (χ3n) is 2.99. The van der Waals surface area contributed by atoms with E-state index in [9.17, 15) is 9.59 Å². The van der Waals surface area contributed by atoms with E-state index in [-0.39, 0.29) is 17.5 Å². The van der Waals surface area contributed by atoms with Crippen LogP contribution in [0.15, 0.2) is 29.1 Å². The Morgan fingerprint density at radius 3 is 2.89 bits per heavy atom. The van der Waals surface area contributed by atoms with Crippen molar-refractivity contribution in [2.45, 2.75) is 13.3 Å². The molecule has 19 heavy (non-hydrogen) atoms. The van der Waals surface area contributed by atoms with E-state index in [1.807, 2.05) is 24.3 Å². The lowest BCUT2D eigenvalue weighted by atomic mass is 10.2. The van der Waals surface area contributed by atoms with Gasteiger partial charge in [0.1, 0.15) is 0 Å². The number of nitrogens with zero attached hydrogens (tertiary/aromatic N) is 2. The molecule has 0 radical (unpaired) electrons. The predicted octanol–water partition coefficient (Wildman–Crippen LogP) is 1.84. The molecule has 0 spiro atoms. The van der Waals surface area contributed by atoms with Crippen LogP contribution >= 0.6 is 11.3 Å². The van der Waals surface area contributed by atoms with Crippen LogP contribution in [-0.2, 0) is 11.2 Å². The van der Waals surface area contributed by atoms with Gasteiger partial charge < -0.3 is 5.11 Å². The number of para-hydroxylation sites is 1. The van der Waals surface area contributed by atoms with E-state index < -0.39 is 5.97 Å². The number of rotatable bonds is 2. The first kappa shape index (κ1) is 11.9. The second-order valence-electron chi connectivity index (χ2n) is 4.24. The van der Waals surface area contributed by atoms with Gasteiger partial charge >= 0.3 is 5.97 Å². The molecule has 0 bridgehead atoms. The summed E-state index contributed by atoms with van der Waals surface area (Å²) in [5.41, 5.74) is 1.21. The van der Waals surface area contributed by atoms with E-state index in [0.29, 0.717) is 10.7 Å². The minimum absolute atomic E-state index is 0.244. The Hall–Kier alpha value is -2.21. The highest BCUT2D eigenvalue weighted by Crippen LogP contribution is 2.24. The zero-order valence-corrected chi connectivity index (χ0v) is 10.9. The first-order valence-corrected chi connectivity index (χ1v) is 6.51. The molecule has 1 N–H and O–H groups in total. The average Bonchev–Trinajstić information content (AvgIpc) is 2.72. The number of aryl methyl sites for hydroxylation is 1. The number of carboxylic acids is 1. The summed E-state index contributed by atoms with van der Waals surface area (Å²) in [6, 6.07) is 7.49. The van der Waals surface area contributed by atoms with E-state index in [2.05, 4.69) is 4.98 Å². The quantitative estimate of drug-likeness (QED) is 0.774. The minimum Gasteiger partial charge on any atom is -0.481 e. The molecule has 96 valence electrons. The van der Waals surface area contributed by atoms with Gasteiger partial charge in [-0.2, -0.15) is 0 Å². The molecule has 2 heterocycles. The summed E-state index contributed by atoms with van der Waals surface area (Å²) in [7, 11) is 0. The molecular weight excluding hydrogens is 264 g/mol. The number of hydrogen-bond acceptors (Lipinski definition) is 4. The van der Waals surface area contributed by atoms with Crippen LogP contribution in [0.4, 0.5) is 0 Å². The molecule has 0 atom stereocenters. The van der Waals surface area contributed by atoms with E-state index in [4.69, 9.17) is 5.11 Å². The molecule has 5 nitrogen and oxygen atoms in total. The maximum Gasteiger partial charge on any atom is 0.308 e. The summed E-state index contributed by atoms with van der Waals surface area (Å²) < 4.78 is 2.45. The van der Waals surface area contributed by atoms with Crippen molar-refractivity contribution in [1.82, 2.24) is 9.38 Å². The highest BCUT2D eigenvalue weighted by Gasteiger charge is 2.15. The Morgan fingerprint density at radius 2 is 2.16 bits per heavy atom. The van der Waals surface area contributed by atoms with Gasteiger partial charge in [0.2, 0.25) is 0 Å². The Morgan fingerprint density at radius 1 is 1.42 bits per heavy atom. The topological polar surface area (TPSA) is 71.7 Å². The van der Waals surface area contributed by atoms with Crippen molar-refractivity contribution < 1.29 is 9.90 Å². The Bertz CT molecular complexity index is 863. The number of carboxylic acid groups (broad SMARTS) is 1. The third kappa shape index (κ3) is 1.80. The maximum atomic E-state index is 12.4. The summed E-state index contributed by atoms with van der Waals surface area (Å²) in [5, 5.41) is 8.88. The Balaban J connectivity index is 2.45. The molecule has 0 saturated heterocycles. The number of benzene rings is 1. The second-order valence-corrected chi connectivity index (χ2v) is 5.25. The summed E-state index contributed by atoms with van der Waals surface area (Å²) >= 11 is 1.42. The zero-order chi connectivity index (χ0) is 13.6. The largest absolute Gasteiger partial charge is 0.481 e. The number of hydrogen-bond donors (Lipinski definition) is 1. The first-order valence-electron chi connectivity index (χ1n) is 5.69. The van der Waals surface area contributed by atoms with Gasteiger partial charge in [0.15, 0.2) is 4.96 Å². The van der Waals surface area contributed by atoms with Crippen LogP contribution in [0.25, 0.3) is 15.2 Å². The number of carbonyl (C=O) groups is 1. The molecule has 3 rings (SSSR count). The molecule has 6 heteroatoms. The second kappa shape index (κ2) is 4.17. The molecule has 0 aliphatic carbocycles. The van der Waals surface area contributed by atoms with Crippen molar-refractivity contribution in [3.63, 3.8) is 0 Å². The van der Waals surface area contributed by atoms with Crippen LogP contribution in [-0.4, -0.2) is 20.5 Å². The lowest BCUT2D eigenvalue weighted by molar-refractivity contribution is -0.136. The number of thiazole rings is 1. The third-order valence-corrected chi connectivity index (χ3v) is 4.01. The lowest BCUT2D eigenvalue weighted by Gasteiger charge is -2.02. The van der Waals surface area contributed by atoms with Gasteiger partial charge in [0, 0.05) is 5.69 Å². The van der Waals surface area contributed by atoms with Crippen LogP contribution in [0.2, 0.25) is 0 Å². The molecule has 0 aliphatic rings. The van der Waals surface area contributed by atoms with Crippen LogP contribution in [0, 0.1) is 6.92 Å². The van der Waals surface area contributed by atoms with Crippen molar-refractivity contribution in [2.24, 2.45) is 0 Å². The van der Waals surface area contributed by atoms with Crippen molar-refractivity contribution in [1.29, 1.82) is 0 Å². The fourth-order valence-corrected chi connectivity index (χ4v) is 3.16. The zero-order valence-electron chi connectivity index (χ0n) is 10.1. The van der Waals surface area contributed by atoms with E-state index in [1.54, 1.807) is 6.92 Å². The molecule has 0 aliphatic heterocycles. The van der Waals surface area contributed by atoms with Gasteiger partial charge in [-0.15, -0.1) is 0 Å². The van der Waals surface area contributed by atoms with Crippen LogP contribution < -0.4 is 5.56 Å². The van der Waals surface area contributed by atoms with Gasteiger partial charge in [0.25, 0.3) is 5.56 Å². The lowest BCUT2D eigenvalue weighted by Crippen LogP contribution is -2.22. The molecule has 3 aromatic rings. The van der Waals surface area contributed by atoms with Crippen LogP contribution in [0.5, 0.6) is 0 Å². The first-order chi connectivity index (χ1) is 9.08.